The maximum absolute atomic E-state index is 3.16. The molecule has 0 fully saturated rings. The van der Waals surface area contributed by atoms with E-state index in [-0.39, 0.29) is 18.9 Å². The fourth-order valence-corrected chi connectivity index (χ4v) is 2.03. The Morgan fingerprint density at radius 1 is 1.20 bits per heavy atom. The summed E-state index contributed by atoms with van der Waals surface area (Å²) in [6, 6.07) is 1.45. The van der Waals surface area contributed by atoms with Crippen LogP contribution in [-0.2, 0) is 0 Å². The molecule has 0 heterocycles. The summed E-state index contributed by atoms with van der Waals surface area (Å²) in [5.41, 5.74) is 0. The Labute approximate surface area is 78.2 Å². The normalized spacial score (nSPS) is 10.8. The van der Waals surface area contributed by atoms with Gasteiger partial charge in [-0.25, -0.2) is 0 Å². The molecule has 0 aromatic carbocycles. The number of rotatable bonds is 4. The van der Waals surface area contributed by atoms with Crippen LogP contribution < -0.4 is 5.32 Å². The van der Waals surface area contributed by atoms with Gasteiger partial charge in [-0.05, 0) is 20.0 Å². The van der Waals surface area contributed by atoms with Gasteiger partial charge in [0.25, 0.3) is 0 Å². The zero-order chi connectivity index (χ0) is 7.33. The Morgan fingerprint density at radius 3 is 2.00 bits per heavy atom. The van der Waals surface area contributed by atoms with Gasteiger partial charge in [-0.1, -0.05) is 25.7 Å². The van der Waals surface area contributed by atoms with E-state index in [4.69, 9.17) is 0 Å². The predicted molar refractivity (Wildman–Crippen MR) is 53.8 cm³/mol. The van der Waals surface area contributed by atoms with Gasteiger partial charge in [0.2, 0.25) is 0 Å². The van der Waals surface area contributed by atoms with E-state index in [1.165, 1.54) is 19.0 Å². The number of hydrogen-bond donors (Lipinski definition) is 1. The second kappa shape index (κ2) is 6.48. The van der Waals surface area contributed by atoms with Gasteiger partial charge in [0.1, 0.15) is 0 Å². The van der Waals surface area contributed by atoms with Crippen molar-refractivity contribution in [2.75, 3.05) is 13.6 Å². The average Bonchev–Trinajstić information content (AvgIpc) is 1.63. The summed E-state index contributed by atoms with van der Waals surface area (Å²) in [4.78, 5) is 0. The summed E-state index contributed by atoms with van der Waals surface area (Å²) in [5.74, 6) is 0. The molecule has 0 amide bonds. The first-order valence-electron chi connectivity index (χ1n) is 3.71. The molecule has 10 heavy (non-hydrogen) atoms. The first-order chi connectivity index (χ1) is 4.06. The van der Waals surface area contributed by atoms with Crippen LogP contribution in [0.4, 0.5) is 0 Å². The molecule has 58 valence electrons. The summed E-state index contributed by atoms with van der Waals surface area (Å²) >= 11 is 0. The first kappa shape index (κ1) is 13.4. The van der Waals surface area contributed by atoms with Gasteiger partial charge < -0.3 is 5.32 Å². The molecule has 1 N–H and O–H groups in total. The van der Waals surface area contributed by atoms with Gasteiger partial charge in [-0.3, -0.25) is 0 Å². The molecule has 0 aliphatic carbocycles. The zero-order valence-corrected chi connectivity index (χ0v) is 8.12. The van der Waals surface area contributed by atoms with Crippen LogP contribution in [-0.4, -0.2) is 40.5 Å². The maximum atomic E-state index is 3.16. The second-order valence-electron chi connectivity index (χ2n) is 3.77. The SMILES string of the molecule is CNCCC[Si](C)(C)C.[LiH]. The topological polar surface area (TPSA) is 12.0 Å². The van der Waals surface area contributed by atoms with Crippen LogP contribution in [0.5, 0.6) is 0 Å². The summed E-state index contributed by atoms with van der Waals surface area (Å²) in [6.45, 7) is 8.44. The fraction of sp³-hybridized carbons (Fsp3) is 1.00. The molecule has 0 aliphatic heterocycles. The van der Waals surface area contributed by atoms with E-state index in [2.05, 4.69) is 25.0 Å². The van der Waals surface area contributed by atoms with E-state index in [1.54, 1.807) is 0 Å². The van der Waals surface area contributed by atoms with Crippen molar-refractivity contribution in [3.63, 3.8) is 0 Å². The van der Waals surface area contributed by atoms with Crippen LogP contribution in [0.1, 0.15) is 6.42 Å². The molecule has 0 unspecified atom stereocenters. The van der Waals surface area contributed by atoms with Crippen LogP contribution in [0.2, 0.25) is 25.7 Å². The predicted octanol–water partition coefficient (Wildman–Crippen LogP) is 1.29. The Kier molecular flexibility index (Phi) is 8.67. The van der Waals surface area contributed by atoms with E-state index >= 15 is 0 Å². The molecule has 0 atom stereocenters. The zero-order valence-electron chi connectivity index (χ0n) is 7.12. The Bertz CT molecular complexity index is 70.5. The van der Waals surface area contributed by atoms with Gasteiger partial charge in [0.15, 0.2) is 0 Å². The standard InChI is InChI=1S/C7H19NSi.Li.H/c1-8-6-5-7-9(2,3)4;;/h8H,5-7H2,1-4H3;;. The molecular weight excluding hydrogens is 133 g/mol. The van der Waals surface area contributed by atoms with Crippen molar-refractivity contribution < 1.29 is 0 Å². The minimum atomic E-state index is -0.734. The minimum absolute atomic E-state index is 0. The van der Waals surface area contributed by atoms with Gasteiger partial charge in [-0.15, -0.1) is 0 Å². The molecule has 0 bridgehead atoms. The van der Waals surface area contributed by atoms with Crippen molar-refractivity contribution in [2.45, 2.75) is 32.1 Å². The summed E-state index contributed by atoms with van der Waals surface area (Å²) in [7, 11) is 1.28. The van der Waals surface area contributed by atoms with Crippen LogP contribution in [0, 0.1) is 0 Å². The quantitative estimate of drug-likeness (QED) is 0.474. The van der Waals surface area contributed by atoms with Crippen molar-refractivity contribution in [3.05, 3.63) is 0 Å². The van der Waals surface area contributed by atoms with Crippen molar-refractivity contribution in [2.24, 2.45) is 0 Å². The fourth-order valence-electron chi connectivity index (χ4n) is 0.795. The molecule has 0 radical (unpaired) electrons. The molecule has 0 saturated carbocycles. The third-order valence-electron chi connectivity index (χ3n) is 1.35. The molecule has 1 nitrogen and oxygen atoms in total. The summed E-state index contributed by atoms with van der Waals surface area (Å²) < 4.78 is 0. The molecular formula is C7H20LiNSi. The monoisotopic (exact) mass is 153 g/mol. The average molecular weight is 153 g/mol. The first-order valence-corrected chi connectivity index (χ1v) is 7.41. The third-order valence-corrected chi connectivity index (χ3v) is 3.21. The van der Waals surface area contributed by atoms with Crippen LogP contribution in [0.15, 0.2) is 0 Å². The van der Waals surface area contributed by atoms with E-state index in [0.717, 1.165) is 0 Å². The van der Waals surface area contributed by atoms with Gasteiger partial charge >= 0.3 is 18.9 Å². The number of hydrogen-bond acceptors (Lipinski definition) is 1. The molecule has 0 spiro atoms. The van der Waals surface area contributed by atoms with E-state index in [1.807, 2.05) is 7.05 Å². The van der Waals surface area contributed by atoms with Crippen molar-refractivity contribution in [1.29, 1.82) is 0 Å². The molecule has 0 aromatic rings. The molecule has 0 rings (SSSR count). The molecule has 3 heteroatoms. The van der Waals surface area contributed by atoms with Crippen LogP contribution in [0.3, 0.4) is 0 Å². The third kappa shape index (κ3) is 11.6. The van der Waals surface area contributed by atoms with Gasteiger partial charge in [0.05, 0.1) is 0 Å². The number of nitrogens with one attached hydrogen (secondary N) is 1. The second-order valence-corrected chi connectivity index (χ2v) is 9.39. The van der Waals surface area contributed by atoms with Gasteiger partial charge in [-0.2, -0.15) is 0 Å². The molecule has 0 aliphatic rings. The van der Waals surface area contributed by atoms with Crippen LogP contribution >= 0.6 is 0 Å². The van der Waals surface area contributed by atoms with Crippen molar-refractivity contribution in [1.82, 2.24) is 5.32 Å². The van der Waals surface area contributed by atoms with E-state index in [0.29, 0.717) is 0 Å². The summed E-state index contributed by atoms with van der Waals surface area (Å²) in [5, 5.41) is 3.16. The molecule has 0 saturated heterocycles. The Balaban J connectivity index is 0. The van der Waals surface area contributed by atoms with Crippen LogP contribution in [0.25, 0.3) is 0 Å². The van der Waals surface area contributed by atoms with Gasteiger partial charge in [0, 0.05) is 8.07 Å². The van der Waals surface area contributed by atoms with Crippen molar-refractivity contribution >= 4 is 26.9 Å². The Hall–Kier alpha value is 0.774. The Morgan fingerprint density at radius 2 is 1.70 bits per heavy atom. The van der Waals surface area contributed by atoms with Crippen molar-refractivity contribution in [3.8, 4) is 0 Å². The van der Waals surface area contributed by atoms with E-state index in [9.17, 15) is 0 Å². The van der Waals surface area contributed by atoms with E-state index < -0.39 is 8.07 Å². The molecule has 0 aromatic heterocycles. The summed E-state index contributed by atoms with van der Waals surface area (Å²) in [6.07, 6.45) is 1.35.